The molecule has 3 nitrogen and oxygen atoms in total. The van der Waals surface area contributed by atoms with E-state index in [1.165, 1.54) is 0 Å². The highest BCUT2D eigenvalue weighted by Gasteiger charge is 2.17. The van der Waals surface area contributed by atoms with Gasteiger partial charge in [0.25, 0.3) is 5.91 Å². The number of carbonyl (C=O) groups excluding carboxylic acids is 1. The van der Waals surface area contributed by atoms with Crippen LogP contribution in [0.4, 0.5) is 0 Å². The van der Waals surface area contributed by atoms with Gasteiger partial charge in [-0.2, -0.15) is 0 Å². The van der Waals surface area contributed by atoms with Crippen molar-refractivity contribution in [2.24, 2.45) is 0 Å². The Morgan fingerprint density at radius 3 is 2.41 bits per heavy atom. The molecular formula is C16H14BrClINO2. The summed E-state index contributed by atoms with van der Waals surface area (Å²) in [5.74, 6) is 1.25. The van der Waals surface area contributed by atoms with Gasteiger partial charge in [0, 0.05) is 28.0 Å². The van der Waals surface area contributed by atoms with Crippen LogP contribution in [-0.2, 0) is 5.33 Å². The normalized spacial score (nSPS) is 10.4. The fourth-order valence-corrected chi connectivity index (χ4v) is 3.67. The lowest BCUT2D eigenvalue weighted by Crippen LogP contribution is -2.23. The number of halogens is 3. The van der Waals surface area contributed by atoms with Gasteiger partial charge in [-0.1, -0.05) is 27.5 Å². The van der Waals surface area contributed by atoms with Crippen molar-refractivity contribution in [1.82, 2.24) is 4.90 Å². The molecule has 2 aromatic carbocycles. The van der Waals surface area contributed by atoms with Crippen molar-refractivity contribution in [1.29, 1.82) is 0 Å². The standard InChI is InChI=1S/C16H14BrClINO2/c1-20(2)16(21)14-8-13(7-10(9-17)15(14)19)22-12-5-3-11(18)4-6-12/h3-8H,9H2,1-2H3. The second-order valence-electron chi connectivity index (χ2n) is 4.83. The fraction of sp³-hybridized carbons (Fsp3) is 0.188. The summed E-state index contributed by atoms with van der Waals surface area (Å²) in [7, 11) is 3.47. The first-order chi connectivity index (χ1) is 10.4. The van der Waals surface area contributed by atoms with Gasteiger partial charge >= 0.3 is 0 Å². The van der Waals surface area contributed by atoms with Crippen LogP contribution in [0.5, 0.6) is 11.5 Å². The molecule has 0 aliphatic heterocycles. The van der Waals surface area contributed by atoms with Crippen LogP contribution in [-0.4, -0.2) is 24.9 Å². The number of benzene rings is 2. The van der Waals surface area contributed by atoms with Crippen molar-refractivity contribution in [3.05, 3.63) is 56.1 Å². The second kappa shape index (κ2) is 7.66. The lowest BCUT2D eigenvalue weighted by atomic mass is 10.1. The summed E-state index contributed by atoms with van der Waals surface area (Å²) in [6, 6.07) is 10.8. The summed E-state index contributed by atoms with van der Waals surface area (Å²) >= 11 is 11.5. The lowest BCUT2D eigenvalue weighted by Gasteiger charge is -2.16. The molecule has 0 spiro atoms. The maximum atomic E-state index is 12.3. The lowest BCUT2D eigenvalue weighted by molar-refractivity contribution is 0.0826. The summed E-state index contributed by atoms with van der Waals surface area (Å²) in [5, 5.41) is 1.30. The Labute approximate surface area is 156 Å². The number of ether oxygens (including phenoxy) is 1. The zero-order valence-electron chi connectivity index (χ0n) is 12.1. The molecule has 2 aromatic rings. The summed E-state index contributed by atoms with van der Waals surface area (Å²) < 4.78 is 6.78. The van der Waals surface area contributed by atoms with Crippen LogP contribution in [0.1, 0.15) is 15.9 Å². The average Bonchev–Trinajstić information content (AvgIpc) is 2.50. The van der Waals surface area contributed by atoms with E-state index >= 15 is 0 Å². The van der Waals surface area contributed by atoms with Crippen LogP contribution >= 0.6 is 50.1 Å². The number of carbonyl (C=O) groups is 1. The van der Waals surface area contributed by atoms with Crippen LogP contribution in [0, 0.1) is 3.57 Å². The highest BCUT2D eigenvalue weighted by Crippen LogP contribution is 2.30. The first-order valence-corrected chi connectivity index (χ1v) is 9.03. The van der Waals surface area contributed by atoms with E-state index in [0.29, 0.717) is 27.4 Å². The second-order valence-corrected chi connectivity index (χ2v) is 6.91. The van der Waals surface area contributed by atoms with Gasteiger partial charge in [-0.15, -0.1) is 0 Å². The van der Waals surface area contributed by atoms with Gasteiger partial charge in [0.05, 0.1) is 5.56 Å². The van der Waals surface area contributed by atoms with Gasteiger partial charge in [0.15, 0.2) is 0 Å². The van der Waals surface area contributed by atoms with Gasteiger partial charge < -0.3 is 9.64 Å². The number of amides is 1. The summed E-state index contributed by atoms with van der Waals surface area (Å²) in [5.41, 5.74) is 1.64. The molecule has 0 atom stereocenters. The molecule has 0 bridgehead atoms. The summed E-state index contributed by atoms with van der Waals surface area (Å²) in [6.45, 7) is 0. The molecule has 0 saturated heterocycles. The van der Waals surface area contributed by atoms with E-state index in [-0.39, 0.29) is 5.91 Å². The van der Waals surface area contributed by atoms with E-state index in [0.717, 1.165) is 9.13 Å². The van der Waals surface area contributed by atoms with Crippen LogP contribution < -0.4 is 4.74 Å². The fourth-order valence-electron chi connectivity index (χ4n) is 1.85. The number of nitrogens with zero attached hydrogens (tertiary/aromatic N) is 1. The maximum absolute atomic E-state index is 12.3. The molecule has 0 unspecified atom stereocenters. The van der Waals surface area contributed by atoms with Gasteiger partial charge in [-0.25, -0.2) is 0 Å². The Hall–Kier alpha value is -0.790. The van der Waals surface area contributed by atoms with Gasteiger partial charge in [0.1, 0.15) is 11.5 Å². The maximum Gasteiger partial charge on any atom is 0.254 e. The quantitative estimate of drug-likeness (QED) is 0.425. The zero-order chi connectivity index (χ0) is 16.3. The monoisotopic (exact) mass is 493 g/mol. The van der Waals surface area contributed by atoms with E-state index in [2.05, 4.69) is 38.5 Å². The predicted molar refractivity (Wildman–Crippen MR) is 101 cm³/mol. The van der Waals surface area contributed by atoms with Crippen molar-refractivity contribution in [3.63, 3.8) is 0 Å². The average molecular weight is 495 g/mol. The molecule has 0 heterocycles. The Morgan fingerprint density at radius 1 is 1.23 bits per heavy atom. The highest BCUT2D eigenvalue weighted by atomic mass is 127. The van der Waals surface area contributed by atoms with Crippen LogP contribution in [0.25, 0.3) is 0 Å². The topological polar surface area (TPSA) is 29.5 Å². The third-order valence-corrected chi connectivity index (χ3v) is 5.08. The molecule has 0 aliphatic rings. The molecule has 2 rings (SSSR count). The zero-order valence-corrected chi connectivity index (χ0v) is 16.6. The molecule has 116 valence electrons. The molecule has 0 aliphatic carbocycles. The van der Waals surface area contributed by atoms with E-state index in [1.54, 1.807) is 49.3 Å². The molecule has 0 radical (unpaired) electrons. The van der Waals surface area contributed by atoms with E-state index in [9.17, 15) is 4.79 Å². The van der Waals surface area contributed by atoms with Crippen molar-refractivity contribution < 1.29 is 9.53 Å². The third-order valence-electron chi connectivity index (χ3n) is 2.95. The summed E-state index contributed by atoms with van der Waals surface area (Å²) in [4.78, 5) is 13.9. The van der Waals surface area contributed by atoms with Crippen molar-refractivity contribution in [3.8, 4) is 11.5 Å². The smallest absolute Gasteiger partial charge is 0.254 e. The molecule has 0 fully saturated rings. The third kappa shape index (κ3) is 4.14. The van der Waals surface area contributed by atoms with E-state index < -0.39 is 0 Å². The first kappa shape index (κ1) is 17.6. The van der Waals surface area contributed by atoms with E-state index in [4.69, 9.17) is 16.3 Å². The molecule has 1 amide bonds. The highest BCUT2D eigenvalue weighted by molar-refractivity contribution is 14.1. The van der Waals surface area contributed by atoms with Crippen molar-refractivity contribution in [2.75, 3.05) is 14.1 Å². The summed E-state index contributed by atoms with van der Waals surface area (Å²) in [6.07, 6.45) is 0. The molecule has 0 aromatic heterocycles. The first-order valence-electron chi connectivity index (χ1n) is 6.46. The van der Waals surface area contributed by atoms with Gasteiger partial charge in [0.2, 0.25) is 0 Å². The van der Waals surface area contributed by atoms with Gasteiger partial charge in [-0.3, -0.25) is 4.79 Å². The SMILES string of the molecule is CN(C)C(=O)c1cc(Oc2ccc(Cl)cc2)cc(CBr)c1I. The van der Waals surface area contributed by atoms with Crippen LogP contribution in [0.2, 0.25) is 5.02 Å². The molecule has 6 heteroatoms. The Balaban J connectivity index is 2.41. The van der Waals surface area contributed by atoms with Crippen LogP contribution in [0.3, 0.4) is 0 Å². The minimum absolute atomic E-state index is 0.0480. The number of rotatable bonds is 4. The molecule has 0 saturated carbocycles. The molecular weight excluding hydrogens is 480 g/mol. The Morgan fingerprint density at radius 2 is 1.86 bits per heavy atom. The largest absolute Gasteiger partial charge is 0.457 e. The number of hydrogen-bond acceptors (Lipinski definition) is 2. The van der Waals surface area contributed by atoms with Gasteiger partial charge in [-0.05, 0) is 64.6 Å². The van der Waals surface area contributed by atoms with Crippen LogP contribution in [0.15, 0.2) is 36.4 Å². The van der Waals surface area contributed by atoms with E-state index in [1.807, 2.05) is 6.07 Å². The Bertz CT molecular complexity index is 689. The minimum Gasteiger partial charge on any atom is -0.457 e. The number of alkyl halides is 1. The number of hydrogen-bond donors (Lipinski definition) is 0. The molecule has 22 heavy (non-hydrogen) atoms. The van der Waals surface area contributed by atoms with Crippen molar-refractivity contribution >= 4 is 56.0 Å². The molecule has 0 N–H and O–H groups in total. The van der Waals surface area contributed by atoms with Crippen molar-refractivity contribution in [2.45, 2.75) is 5.33 Å². The minimum atomic E-state index is -0.0480. The predicted octanol–water partition coefficient (Wildman–Crippen LogP) is 5.33. The Kier molecular flexibility index (Phi) is 6.11.